The van der Waals surface area contributed by atoms with Gasteiger partial charge in [0, 0.05) is 11.1 Å². The van der Waals surface area contributed by atoms with E-state index in [1.54, 1.807) is 30.3 Å². The average molecular weight is 383 g/mol. The van der Waals surface area contributed by atoms with Crippen LogP contribution >= 0.6 is 0 Å². The molecular weight excluding hydrogens is 371 g/mol. The van der Waals surface area contributed by atoms with Gasteiger partial charge in [0.2, 0.25) is 0 Å². The van der Waals surface area contributed by atoms with Gasteiger partial charge in [0.05, 0.1) is 23.0 Å². The Morgan fingerprint density at radius 1 is 1.21 bits per heavy atom. The van der Waals surface area contributed by atoms with Gasteiger partial charge >= 0.3 is 6.18 Å². The Hall–Kier alpha value is -3.60. The summed E-state index contributed by atoms with van der Waals surface area (Å²) in [5, 5.41) is 13.1. The number of nitrogens with zero attached hydrogens (tertiary/aromatic N) is 3. The molecule has 0 N–H and O–H groups in total. The molecule has 0 fully saturated rings. The normalized spacial score (nSPS) is 12.5. The zero-order chi connectivity index (χ0) is 19.9. The molecule has 2 aromatic carbocycles. The molecule has 1 aliphatic rings. The summed E-state index contributed by atoms with van der Waals surface area (Å²) < 4.78 is 46.5. The number of carbonyl (C=O) groups is 1. The Kier molecular flexibility index (Phi) is 4.15. The molecule has 0 aliphatic carbocycles. The van der Waals surface area contributed by atoms with E-state index >= 15 is 0 Å². The van der Waals surface area contributed by atoms with Crippen LogP contribution in [0.15, 0.2) is 48.5 Å². The largest absolute Gasteiger partial charge is 0.488 e. The third kappa shape index (κ3) is 2.91. The second-order valence-corrected chi connectivity index (χ2v) is 6.18. The maximum absolute atomic E-state index is 13.2. The van der Waals surface area contributed by atoms with Crippen molar-refractivity contribution in [2.75, 3.05) is 0 Å². The quantitative estimate of drug-likeness (QED) is 0.623. The number of nitriles is 1. The first-order valence-corrected chi connectivity index (χ1v) is 8.32. The maximum atomic E-state index is 13.2. The molecule has 140 valence electrons. The second kappa shape index (κ2) is 6.53. The summed E-state index contributed by atoms with van der Waals surface area (Å²) >= 11 is 0. The molecule has 3 aromatic rings. The Morgan fingerprint density at radius 2 is 2.00 bits per heavy atom. The number of rotatable bonds is 3. The lowest BCUT2D eigenvalue weighted by molar-refractivity contribution is -0.137. The summed E-state index contributed by atoms with van der Waals surface area (Å²) in [4.78, 5) is 12.4. The maximum Gasteiger partial charge on any atom is 0.416 e. The van der Waals surface area contributed by atoms with E-state index in [2.05, 4.69) is 5.10 Å². The van der Waals surface area contributed by atoms with E-state index in [1.807, 2.05) is 0 Å². The first-order valence-electron chi connectivity index (χ1n) is 8.32. The monoisotopic (exact) mass is 383 g/mol. The Labute approximate surface area is 157 Å². The molecule has 0 spiro atoms. The number of carbonyl (C=O) groups excluding carboxylic acids is 1. The number of hydrogen-bond acceptors (Lipinski definition) is 4. The van der Waals surface area contributed by atoms with Gasteiger partial charge < -0.3 is 4.74 Å². The van der Waals surface area contributed by atoms with Crippen molar-refractivity contribution in [1.82, 2.24) is 9.78 Å². The van der Waals surface area contributed by atoms with Crippen molar-refractivity contribution in [3.8, 4) is 28.8 Å². The molecule has 5 nitrogen and oxygen atoms in total. The van der Waals surface area contributed by atoms with E-state index in [4.69, 9.17) is 10.00 Å². The summed E-state index contributed by atoms with van der Waals surface area (Å²) in [5.41, 5.74) is 0.935. The molecule has 4 rings (SSSR count). The molecule has 0 saturated heterocycles. The standard InChI is InChI=1S/C20H12F3N3O2/c21-20(22,23)12-4-3-5-13(10-12)26-19-14-6-1-2-7-17(14)28-11-15(19)18(25-26)16(27)8-9-24/h1-7,10H,8,11H2. The fourth-order valence-electron chi connectivity index (χ4n) is 3.18. The summed E-state index contributed by atoms with van der Waals surface area (Å²) in [7, 11) is 0. The predicted molar refractivity (Wildman–Crippen MR) is 92.9 cm³/mol. The van der Waals surface area contributed by atoms with E-state index < -0.39 is 17.5 Å². The lowest BCUT2D eigenvalue weighted by Crippen LogP contribution is -2.10. The number of Topliss-reactive ketones (excluding diaryl/α,β-unsaturated/α-hetero) is 1. The SMILES string of the molecule is N#CCC(=O)c1nn(-c2cccc(C(F)(F)F)c2)c2c1COc1ccccc1-2. The van der Waals surface area contributed by atoms with Crippen molar-refractivity contribution in [2.24, 2.45) is 0 Å². The fourth-order valence-corrected chi connectivity index (χ4v) is 3.18. The van der Waals surface area contributed by atoms with Gasteiger partial charge in [-0.3, -0.25) is 4.79 Å². The van der Waals surface area contributed by atoms with Crippen molar-refractivity contribution < 1.29 is 22.7 Å². The van der Waals surface area contributed by atoms with Gasteiger partial charge in [0.25, 0.3) is 0 Å². The average Bonchev–Trinajstić information content (AvgIpc) is 3.08. The van der Waals surface area contributed by atoms with E-state index in [9.17, 15) is 18.0 Å². The van der Waals surface area contributed by atoms with Crippen LogP contribution < -0.4 is 4.74 Å². The minimum atomic E-state index is -4.51. The van der Waals surface area contributed by atoms with Gasteiger partial charge in [-0.1, -0.05) is 18.2 Å². The number of ketones is 1. The molecule has 28 heavy (non-hydrogen) atoms. The van der Waals surface area contributed by atoms with Gasteiger partial charge in [0.1, 0.15) is 24.5 Å². The van der Waals surface area contributed by atoms with Crippen molar-refractivity contribution in [1.29, 1.82) is 5.26 Å². The molecule has 0 unspecified atom stereocenters. The van der Waals surface area contributed by atoms with Crippen molar-refractivity contribution in [3.05, 3.63) is 65.4 Å². The van der Waals surface area contributed by atoms with E-state index in [0.29, 0.717) is 22.6 Å². The summed E-state index contributed by atoms with van der Waals surface area (Å²) in [6.45, 7) is 0.0395. The van der Waals surface area contributed by atoms with Crippen LogP contribution in [-0.4, -0.2) is 15.6 Å². The van der Waals surface area contributed by atoms with Crippen LogP contribution in [0.5, 0.6) is 5.75 Å². The molecule has 8 heteroatoms. The van der Waals surface area contributed by atoms with Gasteiger partial charge in [-0.05, 0) is 30.3 Å². The number of fused-ring (bicyclic) bond motifs is 3. The highest BCUT2D eigenvalue weighted by atomic mass is 19.4. The first-order chi connectivity index (χ1) is 13.4. The summed E-state index contributed by atoms with van der Waals surface area (Å²) in [5.74, 6) is 0.0369. The van der Waals surface area contributed by atoms with Gasteiger partial charge in [-0.2, -0.15) is 23.5 Å². The van der Waals surface area contributed by atoms with Crippen molar-refractivity contribution in [2.45, 2.75) is 19.2 Å². The molecule has 0 atom stereocenters. The number of ether oxygens (including phenoxy) is 1. The number of aromatic nitrogens is 2. The number of alkyl halides is 3. The van der Waals surface area contributed by atoms with Crippen LogP contribution in [0.25, 0.3) is 16.9 Å². The Bertz CT molecular complexity index is 1130. The third-order valence-electron chi connectivity index (χ3n) is 4.42. The molecule has 0 saturated carbocycles. The van der Waals surface area contributed by atoms with Crippen LogP contribution in [0.1, 0.15) is 28.0 Å². The summed E-state index contributed by atoms with van der Waals surface area (Å²) in [6.07, 6.45) is -4.89. The van der Waals surface area contributed by atoms with Crippen molar-refractivity contribution in [3.63, 3.8) is 0 Å². The molecule has 1 aromatic heterocycles. The minimum absolute atomic E-state index is 0.0310. The van der Waals surface area contributed by atoms with Crippen LogP contribution in [0.4, 0.5) is 13.2 Å². The van der Waals surface area contributed by atoms with Gasteiger partial charge in [-0.15, -0.1) is 0 Å². The molecule has 2 heterocycles. The zero-order valence-corrected chi connectivity index (χ0v) is 14.3. The number of benzene rings is 2. The Balaban J connectivity index is 1.97. The van der Waals surface area contributed by atoms with Crippen molar-refractivity contribution >= 4 is 5.78 Å². The van der Waals surface area contributed by atoms with Crippen LogP contribution in [0.3, 0.4) is 0 Å². The highest BCUT2D eigenvalue weighted by Gasteiger charge is 2.33. The molecule has 0 bridgehead atoms. The lowest BCUT2D eigenvalue weighted by atomic mass is 10.0. The van der Waals surface area contributed by atoms with E-state index in [-0.39, 0.29) is 24.4 Å². The highest BCUT2D eigenvalue weighted by Crippen LogP contribution is 2.40. The van der Waals surface area contributed by atoms with E-state index in [0.717, 1.165) is 12.1 Å². The Morgan fingerprint density at radius 3 is 2.75 bits per heavy atom. The van der Waals surface area contributed by atoms with Crippen LogP contribution in [0, 0.1) is 11.3 Å². The van der Waals surface area contributed by atoms with Gasteiger partial charge in [0.15, 0.2) is 5.78 Å². The minimum Gasteiger partial charge on any atom is -0.488 e. The molecular formula is C20H12F3N3O2. The topological polar surface area (TPSA) is 67.9 Å². The predicted octanol–water partition coefficient (Wildman–Crippen LogP) is 4.55. The van der Waals surface area contributed by atoms with Crippen LogP contribution in [0.2, 0.25) is 0 Å². The third-order valence-corrected chi connectivity index (χ3v) is 4.42. The fraction of sp³-hybridized carbons (Fsp3) is 0.150. The van der Waals surface area contributed by atoms with E-state index in [1.165, 1.54) is 16.8 Å². The zero-order valence-electron chi connectivity index (χ0n) is 14.3. The second-order valence-electron chi connectivity index (χ2n) is 6.18. The molecule has 0 amide bonds. The highest BCUT2D eigenvalue weighted by molar-refractivity contribution is 5.99. The van der Waals surface area contributed by atoms with Gasteiger partial charge in [-0.25, -0.2) is 4.68 Å². The number of hydrogen-bond donors (Lipinski definition) is 0. The molecule has 0 radical (unpaired) electrons. The smallest absolute Gasteiger partial charge is 0.416 e. The van der Waals surface area contributed by atoms with Crippen LogP contribution in [-0.2, 0) is 12.8 Å². The lowest BCUT2D eigenvalue weighted by Gasteiger charge is -2.19. The number of halogens is 3. The first kappa shape index (κ1) is 17.8. The summed E-state index contributed by atoms with van der Waals surface area (Å²) in [6, 6.07) is 13.5. The molecule has 1 aliphatic heterocycles. The number of para-hydroxylation sites is 1.